The first-order chi connectivity index (χ1) is 16.3. The molecule has 0 amide bonds. The third kappa shape index (κ3) is 4.57. The highest BCUT2D eigenvalue weighted by atomic mass is 32.2. The zero-order valence-corrected chi connectivity index (χ0v) is 19.9. The maximum atomic E-state index is 13.2. The van der Waals surface area contributed by atoms with E-state index in [4.69, 9.17) is 13.9 Å². The first-order valence-corrected chi connectivity index (χ1v) is 11.9. The van der Waals surface area contributed by atoms with Gasteiger partial charge in [-0.2, -0.15) is 10.2 Å². The average molecular weight is 485 g/mol. The number of aryl methyl sites for hydroxylation is 1. The number of furan rings is 1. The van der Waals surface area contributed by atoms with E-state index in [1.165, 1.54) is 25.0 Å². The number of sulfonamides is 1. The summed E-state index contributed by atoms with van der Waals surface area (Å²) in [7, 11) is -0.893. The largest absolute Gasteiger partial charge is 0.494 e. The molecule has 11 nitrogen and oxygen atoms in total. The van der Waals surface area contributed by atoms with E-state index in [0.29, 0.717) is 28.6 Å². The van der Waals surface area contributed by atoms with Crippen molar-refractivity contribution in [2.24, 2.45) is 0 Å². The Kier molecular flexibility index (Phi) is 6.50. The Morgan fingerprint density at radius 2 is 1.74 bits per heavy atom. The molecular weight excluding hydrogens is 460 g/mol. The number of hydrogen-bond donors (Lipinski definition) is 1. The van der Waals surface area contributed by atoms with Gasteiger partial charge in [0.25, 0.3) is 0 Å². The Labute approximate surface area is 196 Å². The lowest BCUT2D eigenvalue weighted by molar-refractivity contribution is 0.391. The van der Waals surface area contributed by atoms with E-state index in [1.807, 2.05) is 6.92 Å². The number of nitrogens with zero attached hydrogens (tertiary/aromatic N) is 5. The molecule has 3 aromatic heterocycles. The lowest BCUT2D eigenvalue weighted by Crippen LogP contribution is -2.29. The molecule has 12 heteroatoms. The first-order valence-electron chi connectivity index (χ1n) is 10.4. The van der Waals surface area contributed by atoms with Gasteiger partial charge >= 0.3 is 0 Å². The second-order valence-corrected chi connectivity index (χ2v) is 9.60. The molecule has 4 rings (SSSR count). The van der Waals surface area contributed by atoms with Crippen molar-refractivity contribution < 1.29 is 22.3 Å². The topological polar surface area (TPSA) is 134 Å². The second kappa shape index (κ2) is 9.51. The van der Waals surface area contributed by atoms with Gasteiger partial charge < -0.3 is 13.9 Å². The smallest absolute Gasteiger partial charge is 0.243 e. The number of aromatic nitrogens is 5. The predicted molar refractivity (Wildman–Crippen MR) is 125 cm³/mol. The monoisotopic (exact) mass is 484 g/mol. The summed E-state index contributed by atoms with van der Waals surface area (Å²) < 4.78 is 47.1. The van der Waals surface area contributed by atoms with Gasteiger partial charge in [-0.15, -0.1) is 10.2 Å². The standard InChI is InChI=1S/C22H24N6O5S/c1-14-10-11-16(24-23-14)13-15(2)34(29,30)27-22-26-25-21(19-9-6-12-33-19)28(22)20-17(31-3)7-5-8-18(20)32-4/h5-12,15H,13H2,1-4H3,(H,26,27)/t15-/m0/s1. The van der Waals surface area contributed by atoms with Gasteiger partial charge in [0, 0.05) is 6.42 Å². The molecular formula is C22H24N6O5S. The minimum absolute atomic E-state index is 0.0453. The number of benzene rings is 1. The van der Waals surface area contributed by atoms with E-state index >= 15 is 0 Å². The van der Waals surface area contributed by atoms with E-state index in [1.54, 1.807) is 49.4 Å². The summed E-state index contributed by atoms with van der Waals surface area (Å²) in [5.41, 5.74) is 1.73. The van der Waals surface area contributed by atoms with Gasteiger partial charge in [-0.25, -0.2) is 8.42 Å². The summed E-state index contributed by atoms with van der Waals surface area (Å²) in [6.45, 7) is 3.40. The Balaban J connectivity index is 1.77. The summed E-state index contributed by atoms with van der Waals surface area (Å²) in [6.07, 6.45) is 1.65. The SMILES string of the molecule is COc1cccc(OC)c1-n1c(NS(=O)(=O)[C@@H](C)Cc2ccc(C)nn2)nnc1-c1ccco1. The zero-order valence-electron chi connectivity index (χ0n) is 19.1. The van der Waals surface area contributed by atoms with Crippen LogP contribution in [0, 0.1) is 6.92 Å². The number of para-hydroxylation sites is 1. The van der Waals surface area contributed by atoms with Gasteiger partial charge in [0.05, 0.1) is 37.1 Å². The normalized spacial score (nSPS) is 12.4. The maximum absolute atomic E-state index is 13.2. The third-order valence-corrected chi connectivity index (χ3v) is 6.84. The van der Waals surface area contributed by atoms with E-state index in [0.717, 1.165) is 5.69 Å². The molecule has 34 heavy (non-hydrogen) atoms. The summed E-state index contributed by atoms with van der Waals surface area (Å²) >= 11 is 0. The Morgan fingerprint density at radius 1 is 1.00 bits per heavy atom. The van der Waals surface area contributed by atoms with Crippen molar-refractivity contribution >= 4 is 16.0 Å². The van der Waals surface area contributed by atoms with Gasteiger partial charge in [0.1, 0.15) is 17.2 Å². The first kappa shape index (κ1) is 23.2. The van der Waals surface area contributed by atoms with Crippen LogP contribution in [0.25, 0.3) is 17.3 Å². The van der Waals surface area contributed by atoms with Crippen LogP contribution < -0.4 is 14.2 Å². The minimum Gasteiger partial charge on any atom is -0.494 e. The van der Waals surface area contributed by atoms with E-state index in [2.05, 4.69) is 25.1 Å². The van der Waals surface area contributed by atoms with Gasteiger partial charge in [0.2, 0.25) is 21.8 Å². The van der Waals surface area contributed by atoms with Crippen molar-refractivity contribution in [3.63, 3.8) is 0 Å². The van der Waals surface area contributed by atoms with Gasteiger partial charge in [-0.1, -0.05) is 6.07 Å². The van der Waals surface area contributed by atoms with E-state index in [-0.39, 0.29) is 18.2 Å². The number of anilines is 1. The molecule has 178 valence electrons. The molecule has 1 N–H and O–H groups in total. The van der Waals surface area contributed by atoms with Crippen LogP contribution in [0.3, 0.4) is 0 Å². The Morgan fingerprint density at radius 3 is 2.32 bits per heavy atom. The molecule has 0 saturated heterocycles. The number of methoxy groups -OCH3 is 2. The van der Waals surface area contributed by atoms with Crippen LogP contribution in [0.4, 0.5) is 5.95 Å². The van der Waals surface area contributed by atoms with Crippen LogP contribution in [-0.4, -0.2) is 52.8 Å². The lowest BCUT2D eigenvalue weighted by Gasteiger charge is -2.18. The fourth-order valence-corrected chi connectivity index (χ4v) is 4.33. The number of rotatable bonds is 9. The molecule has 0 fully saturated rings. The minimum atomic E-state index is -3.90. The fraction of sp³-hybridized carbons (Fsp3) is 0.273. The van der Waals surface area contributed by atoms with E-state index < -0.39 is 15.3 Å². The molecule has 1 aromatic carbocycles. The maximum Gasteiger partial charge on any atom is 0.243 e. The highest BCUT2D eigenvalue weighted by Gasteiger charge is 2.29. The lowest BCUT2D eigenvalue weighted by atomic mass is 10.2. The van der Waals surface area contributed by atoms with Crippen molar-refractivity contribution in [1.29, 1.82) is 0 Å². The molecule has 4 aromatic rings. The summed E-state index contributed by atoms with van der Waals surface area (Å²) in [5, 5.41) is 15.5. The Hall–Kier alpha value is -3.93. The fourth-order valence-electron chi connectivity index (χ4n) is 3.35. The molecule has 0 saturated carbocycles. The van der Waals surface area contributed by atoms with Gasteiger partial charge in [-0.05, 0) is 50.2 Å². The molecule has 0 aliphatic carbocycles. The highest BCUT2D eigenvalue weighted by Crippen LogP contribution is 2.37. The van der Waals surface area contributed by atoms with Crippen molar-refractivity contribution in [3.05, 3.63) is 60.1 Å². The molecule has 0 aliphatic heterocycles. The summed E-state index contributed by atoms with van der Waals surface area (Å²) in [5.74, 6) is 1.46. The molecule has 3 heterocycles. The predicted octanol–water partition coefficient (Wildman–Crippen LogP) is 3.02. The van der Waals surface area contributed by atoms with Crippen LogP contribution in [0.5, 0.6) is 11.5 Å². The Bertz CT molecular complexity index is 1350. The van der Waals surface area contributed by atoms with Gasteiger partial charge in [0.15, 0.2) is 5.76 Å². The zero-order chi connectivity index (χ0) is 24.3. The molecule has 1 atom stereocenters. The highest BCUT2D eigenvalue weighted by molar-refractivity contribution is 7.93. The number of ether oxygens (including phenoxy) is 2. The third-order valence-electron chi connectivity index (χ3n) is 5.14. The van der Waals surface area contributed by atoms with Crippen molar-refractivity contribution in [2.45, 2.75) is 25.5 Å². The quantitative estimate of drug-likeness (QED) is 0.380. The molecule has 0 radical (unpaired) electrons. The van der Waals surface area contributed by atoms with Crippen molar-refractivity contribution in [1.82, 2.24) is 25.0 Å². The van der Waals surface area contributed by atoms with Crippen molar-refractivity contribution in [2.75, 3.05) is 18.9 Å². The number of nitrogens with one attached hydrogen (secondary N) is 1. The van der Waals surface area contributed by atoms with Crippen LogP contribution in [0.2, 0.25) is 0 Å². The number of hydrogen-bond acceptors (Lipinski definition) is 9. The van der Waals surface area contributed by atoms with Gasteiger partial charge in [-0.3, -0.25) is 9.29 Å². The summed E-state index contributed by atoms with van der Waals surface area (Å²) in [4.78, 5) is 0. The summed E-state index contributed by atoms with van der Waals surface area (Å²) in [6, 6.07) is 12.1. The molecule has 0 bridgehead atoms. The van der Waals surface area contributed by atoms with Crippen LogP contribution in [-0.2, 0) is 16.4 Å². The second-order valence-electron chi connectivity index (χ2n) is 7.50. The van der Waals surface area contributed by atoms with Crippen LogP contribution in [0.15, 0.2) is 53.1 Å². The van der Waals surface area contributed by atoms with Crippen LogP contribution >= 0.6 is 0 Å². The molecule has 0 spiro atoms. The van der Waals surface area contributed by atoms with Crippen molar-refractivity contribution in [3.8, 4) is 28.8 Å². The molecule has 0 aliphatic rings. The van der Waals surface area contributed by atoms with Crippen LogP contribution in [0.1, 0.15) is 18.3 Å². The molecule has 0 unspecified atom stereocenters. The van der Waals surface area contributed by atoms with E-state index in [9.17, 15) is 8.42 Å². The average Bonchev–Trinajstić information content (AvgIpc) is 3.49.